The molecule has 7 nitrogen and oxygen atoms in total. The predicted molar refractivity (Wildman–Crippen MR) is 72.5 cm³/mol. The van der Waals surface area contributed by atoms with Gasteiger partial charge in [0.25, 0.3) is 0 Å². The van der Waals surface area contributed by atoms with E-state index >= 15 is 0 Å². The maximum Gasteiger partial charge on any atom is 0.352 e. The number of aliphatic carboxylic acids is 1. The van der Waals surface area contributed by atoms with Crippen LogP contribution in [0.4, 0.5) is 0 Å². The summed E-state index contributed by atoms with van der Waals surface area (Å²) in [6.45, 7) is 4.43. The molecule has 8 heteroatoms. The number of carboxylic acids is 1. The molecule has 1 aliphatic rings. The summed E-state index contributed by atoms with van der Waals surface area (Å²) in [5.74, 6) is -1.32. The molecule has 2 rings (SSSR count). The molecule has 0 bridgehead atoms. The topological polar surface area (TPSA) is 87.8 Å². The monoisotopic (exact) mass is 298 g/mol. The molecule has 1 aromatic rings. The highest BCUT2D eigenvalue weighted by atomic mass is 35.5. The molecule has 0 saturated heterocycles. The van der Waals surface area contributed by atoms with Crippen molar-refractivity contribution in [3.8, 4) is 0 Å². The van der Waals surface area contributed by atoms with Crippen molar-refractivity contribution >= 4 is 29.2 Å². The van der Waals surface area contributed by atoms with Gasteiger partial charge in [0.05, 0.1) is 23.0 Å². The van der Waals surface area contributed by atoms with Gasteiger partial charge >= 0.3 is 5.97 Å². The van der Waals surface area contributed by atoms with E-state index in [0.29, 0.717) is 23.0 Å². The fourth-order valence-corrected chi connectivity index (χ4v) is 2.24. The minimum absolute atomic E-state index is 0.0139. The molecule has 2 heterocycles. The number of rotatable bonds is 4. The van der Waals surface area contributed by atoms with Crippen LogP contribution < -0.4 is 0 Å². The highest BCUT2D eigenvalue weighted by Gasteiger charge is 2.26. The maximum atomic E-state index is 11.8. The summed E-state index contributed by atoms with van der Waals surface area (Å²) in [6.07, 6.45) is 0.298. The second-order valence-corrected chi connectivity index (χ2v) is 4.84. The van der Waals surface area contributed by atoms with E-state index in [4.69, 9.17) is 16.7 Å². The van der Waals surface area contributed by atoms with Crippen LogP contribution in [0.2, 0.25) is 5.02 Å². The van der Waals surface area contributed by atoms with Gasteiger partial charge in [0.15, 0.2) is 0 Å². The van der Waals surface area contributed by atoms with Crippen molar-refractivity contribution in [2.75, 3.05) is 0 Å². The van der Waals surface area contributed by atoms with E-state index in [0.717, 1.165) is 5.01 Å². The van der Waals surface area contributed by atoms with E-state index in [1.165, 1.54) is 0 Å². The van der Waals surface area contributed by atoms with E-state index in [-0.39, 0.29) is 31.0 Å². The SMILES string of the molecule is CCn1nc(C)c(Cl)c1CN1N=C(C(=O)O)CCC1=O. The molecule has 0 unspecified atom stereocenters. The quantitative estimate of drug-likeness (QED) is 0.910. The summed E-state index contributed by atoms with van der Waals surface area (Å²) in [6, 6.07) is 0. The first kappa shape index (κ1) is 14.5. The lowest BCUT2D eigenvalue weighted by Crippen LogP contribution is -2.34. The Bertz CT molecular complexity index is 594. The minimum Gasteiger partial charge on any atom is -0.477 e. The lowest BCUT2D eigenvalue weighted by molar-refractivity contribution is -0.133. The van der Waals surface area contributed by atoms with Crippen LogP contribution in [0.15, 0.2) is 5.10 Å². The zero-order valence-corrected chi connectivity index (χ0v) is 12.0. The minimum atomic E-state index is -1.10. The molecule has 108 valence electrons. The summed E-state index contributed by atoms with van der Waals surface area (Å²) in [5, 5.41) is 18.7. The second kappa shape index (κ2) is 5.62. The molecule has 0 atom stereocenters. The molecule has 0 spiro atoms. The van der Waals surface area contributed by atoms with Crippen molar-refractivity contribution in [3.05, 3.63) is 16.4 Å². The van der Waals surface area contributed by atoms with Crippen LogP contribution in [0.5, 0.6) is 0 Å². The molecule has 1 N–H and O–H groups in total. The summed E-state index contributed by atoms with van der Waals surface area (Å²) in [4.78, 5) is 22.8. The fourth-order valence-electron chi connectivity index (χ4n) is 2.04. The van der Waals surface area contributed by atoms with E-state index in [2.05, 4.69) is 10.2 Å². The van der Waals surface area contributed by atoms with E-state index in [1.807, 2.05) is 6.92 Å². The van der Waals surface area contributed by atoms with Gasteiger partial charge in [0.2, 0.25) is 5.91 Å². The first-order valence-corrected chi connectivity index (χ1v) is 6.64. The zero-order valence-electron chi connectivity index (χ0n) is 11.3. The second-order valence-electron chi connectivity index (χ2n) is 4.47. The number of carbonyl (C=O) groups is 2. The summed E-state index contributed by atoms with van der Waals surface area (Å²) < 4.78 is 1.69. The van der Waals surface area contributed by atoms with E-state index in [9.17, 15) is 9.59 Å². The van der Waals surface area contributed by atoms with Gasteiger partial charge < -0.3 is 5.11 Å². The lowest BCUT2D eigenvalue weighted by Gasteiger charge is -2.22. The third-order valence-corrected chi connectivity index (χ3v) is 3.60. The van der Waals surface area contributed by atoms with Crippen LogP contribution in [0.1, 0.15) is 31.2 Å². The standard InChI is InChI=1S/C12H15ClN4O3/c1-3-16-9(11(13)7(2)14-16)6-17-10(18)5-4-8(15-17)12(19)20/h3-6H2,1-2H3,(H,19,20). The molecule has 1 aromatic heterocycles. The zero-order chi connectivity index (χ0) is 14.9. The average molecular weight is 299 g/mol. The molecule has 0 aromatic carbocycles. The predicted octanol–water partition coefficient (Wildman–Crippen LogP) is 1.43. The van der Waals surface area contributed by atoms with Gasteiger partial charge in [-0.25, -0.2) is 9.80 Å². The highest BCUT2D eigenvalue weighted by molar-refractivity contribution is 6.36. The first-order valence-electron chi connectivity index (χ1n) is 6.27. The Balaban J connectivity index is 2.31. The molecule has 0 radical (unpaired) electrons. The van der Waals surface area contributed by atoms with Gasteiger partial charge in [-0.05, 0) is 13.8 Å². The number of carboxylic acid groups (broad SMARTS) is 1. The van der Waals surface area contributed by atoms with Gasteiger partial charge in [0.1, 0.15) is 5.71 Å². The number of hydrazone groups is 1. The smallest absolute Gasteiger partial charge is 0.352 e. The van der Waals surface area contributed by atoms with Gasteiger partial charge in [0, 0.05) is 19.4 Å². The summed E-state index contributed by atoms with van der Waals surface area (Å²) in [5.41, 5.74) is 1.32. The molecular weight excluding hydrogens is 284 g/mol. The van der Waals surface area contributed by atoms with Crippen molar-refractivity contribution in [3.63, 3.8) is 0 Å². The lowest BCUT2D eigenvalue weighted by atomic mass is 10.1. The number of carbonyl (C=O) groups excluding carboxylic acids is 1. The number of halogens is 1. The Morgan fingerprint density at radius 3 is 2.75 bits per heavy atom. The van der Waals surface area contributed by atoms with Crippen molar-refractivity contribution in [2.45, 2.75) is 39.8 Å². The van der Waals surface area contributed by atoms with Crippen LogP contribution in [-0.4, -0.2) is 37.5 Å². The van der Waals surface area contributed by atoms with E-state index in [1.54, 1.807) is 11.6 Å². The van der Waals surface area contributed by atoms with Crippen molar-refractivity contribution in [1.29, 1.82) is 0 Å². The number of hydrogen-bond acceptors (Lipinski definition) is 4. The first-order chi connectivity index (χ1) is 9.43. The number of aromatic nitrogens is 2. The fraction of sp³-hybridized carbons (Fsp3) is 0.500. The third kappa shape index (κ3) is 2.67. The third-order valence-electron chi connectivity index (χ3n) is 3.10. The van der Waals surface area contributed by atoms with Crippen LogP contribution in [0, 0.1) is 6.92 Å². The Labute approximate surface area is 120 Å². The van der Waals surface area contributed by atoms with Gasteiger partial charge in [-0.1, -0.05) is 11.6 Å². The summed E-state index contributed by atoms with van der Waals surface area (Å²) in [7, 11) is 0. The van der Waals surface area contributed by atoms with Crippen molar-refractivity contribution < 1.29 is 14.7 Å². The van der Waals surface area contributed by atoms with E-state index < -0.39 is 5.97 Å². The Hall–Kier alpha value is -1.89. The number of hydrogen-bond donors (Lipinski definition) is 1. The summed E-state index contributed by atoms with van der Waals surface area (Å²) >= 11 is 6.17. The normalized spacial score (nSPS) is 15.4. The van der Waals surface area contributed by atoms with Gasteiger partial charge in [-0.2, -0.15) is 10.2 Å². The molecule has 1 aliphatic heterocycles. The van der Waals surface area contributed by atoms with Crippen molar-refractivity contribution in [2.24, 2.45) is 5.10 Å². The molecule has 0 fully saturated rings. The molecular formula is C12H15ClN4O3. The Morgan fingerprint density at radius 1 is 1.45 bits per heavy atom. The Kier molecular flexibility index (Phi) is 4.08. The Morgan fingerprint density at radius 2 is 2.15 bits per heavy atom. The molecule has 1 amide bonds. The number of aryl methyl sites for hydroxylation is 2. The number of amides is 1. The van der Waals surface area contributed by atoms with Crippen LogP contribution in [0.25, 0.3) is 0 Å². The highest BCUT2D eigenvalue weighted by Crippen LogP contribution is 2.23. The average Bonchev–Trinajstić information content (AvgIpc) is 2.68. The van der Waals surface area contributed by atoms with Crippen LogP contribution >= 0.6 is 11.6 Å². The van der Waals surface area contributed by atoms with Gasteiger partial charge in [-0.15, -0.1) is 0 Å². The largest absolute Gasteiger partial charge is 0.477 e. The molecule has 0 aliphatic carbocycles. The molecule has 0 saturated carbocycles. The number of nitrogens with zero attached hydrogens (tertiary/aromatic N) is 4. The van der Waals surface area contributed by atoms with Crippen LogP contribution in [-0.2, 0) is 22.7 Å². The van der Waals surface area contributed by atoms with Crippen LogP contribution in [0.3, 0.4) is 0 Å². The van der Waals surface area contributed by atoms with Crippen molar-refractivity contribution in [1.82, 2.24) is 14.8 Å². The van der Waals surface area contributed by atoms with Gasteiger partial charge in [-0.3, -0.25) is 9.48 Å². The molecule has 20 heavy (non-hydrogen) atoms. The maximum absolute atomic E-state index is 11.8.